The summed E-state index contributed by atoms with van der Waals surface area (Å²) < 4.78 is 15.4. The van der Waals surface area contributed by atoms with E-state index in [9.17, 15) is 14.4 Å². The SMILES string of the molecule is COC(=O)C(C)c1cc2ccc(OCCNC(=O)OC(C)(C)C)cc2[nH]c1=O. The van der Waals surface area contributed by atoms with Gasteiger partial charge in [0.25, 0.3) is 5.56 Å². The number of H-pyrrole nitrogens is 1. The number of alkyl carbamates (subject to hydrolysis) is 1. The lowest BCUT2D eigenvalue weighted by Gasteiger charge is -2.19. The maximum Gasteiger partial charge on any atom is 0.407 e. The van der Waals surface area contributed by atoms with E-state index in [0.29, 0.717) is 16.8 Å². The molecule has 0 aliphatic rings. The number of amides is 1. The number of methoxy groups -OCH3 is 1. The van der Waals surface area contributed by atoms with Crippen LogP contribution in [0.5, 0.6) is 5.75 Å². The van der Waals surface area contributed by atoms with Crippen molar-refractivity contribution in [2.75, 3.05) is 20.3 Å². The average molecular weight is 390 g/mol. The Morgan fingerprint density at radius 3 is 2.57 bits per heavy atom. The first-order chi connectivity index (χ1) is 13.1. The molecule has 1 aromatic carbocycles. The monoisotopic (exact) mass is 390 g/mol. The number of carbonyl (C=O) groups excluding carboxylic acids is 2. The summed E-state index contributed by atoms with van der Waals surface area (Å²) in [4.78, 5) is 38.3. The Bertz CT molecular complexity index is 913. The molecule has 1 unspecified atom stereocenters. The fourth-order valence-electron chi connectivity index (χ4n) is 2.55. The fraction of sp³-hybridized carbons (Fsp3) is 0.450. The molecule has 0 aliphatic carbocycles. The number of pyridine rings is 1. The molecule has 2 N–H and O–H groups in total. The summed E-state index contributed by atoms with van der Waals surface area (Å²) in [5.41, 5.74) is 0.0199. The Kier molecular flexibility index (Phi) is 6.66. The van der Waals surface area contributed by atoms with Crippen molar-refractivity contribution in [3.05, 3.63) is 40.2 Å². The minimum atomic E-state index is -0.659. The molecule has 152 valence electrons. The van der Waals surface area contributed by atoms with E-state index in [0.717, 1.165) is 5.39 Å². The van der Waals surface area contributed by atoms with Gasteiger partial charge in [0.2, 0.25) is 0 Å². The summed E-state index contributed by atoms with van der Waals surface area (Å²) in [7, 11) is 1.29. The number of fused-ring (bicyclic) bond motifs is 1. The van der Waals surface area contributed by atoms with Crippen LogP contribution in [0.4, 0.5) is 4.79 Å². The molecule has 0 fully saturated rings. The molecule has 0 saturated carbocycles. The van der Waals surface area contributed by atoms with Gasteiger partial charge in [0.05, 0.1) is 25.1 Å². The summed E-state index contributed by atoms with van der Waals surface area (Å²) >= 11 is 0. The molecule has 0 saturated heterocycles. The van der Waals surface area contributed by atoms with Gasteiger partial charge >= 0.3 is 12.1 Å². The molecule has 0 spiro atoms. The predicted molar refractivity (Wildman–Crippen MR) is 105 cm³/mol. The molecule has 8 nitrogen and oxygen atoms in total. The molecule has 0 radical (unpaired) electrons. The number of benzene rings is 1. The van der Waals surface area contributed by atoms with Crippen LogP contribution in [0.1, 0.15) is 39.2 Å². The Morgan fingerprint density at radius 1 is 1.21 bits per heavy atom. The van der Waals surface area contributed by atoms with Crippen LogP contribution >= 0.6 is 0 Å². The van der Waals surface area contributed by atoms with Crippen molar-refractivity contribution in [1.82, 2.24) is 10.3 Å². The third kappa shape index (κ3) is 5.73. The summed E-state index contributed by atoms with van der Waals surface area (Å²) in [6.45, 7) is 7.51. The Morgan fingerprint density at radius 2 is 1.93 bits per heavy atom. The first-order valence-electron chi connectivity index (χ1n) is 8.95. The highest BCUT2D eigenvalue weighted by molar-refractivity contribution is 5.83. The van der Waals surface area contributed by atoms with Crippen LogP contribution in [0.2, 0.25) is 0 Å². The van der Waals surface area contributed by atoms with Crippen molar-refractivity contribution >= 4 is 23.0 Å². The van der Waals surface area contributed by atoms with Gasteiger partial charge in [0.1, 0.15) is 18.0 Å². The van der Waals surface area contributed by atoms with E-state index < -0.39 is 23.6 Å². The molecule has 2 aromatic rings. The number of aromatic nitrogens is 1. The van der Waals surface area contributed by atoms with Gasteiger partial charge in [-0.3, -0.25) is 9.59 Å². The van der Waals surface area contributed by atoms with E-state index in [4.69, 9.17) is 14.2 Å². The smallest absolute Gasteiger partial charge is 0.407 e. The lowest BCUT2D eigenvalue weighted by molar-refractivity contribution is -0.142. The highest BCUT2D eigenvalue weighted by Crippen LogP contribution is 2.21. The van der Waals surface area contributed by atoms with Gasteiger partial charge in [-0.1, -0.05) is 0 Å². The van der Waals surface area contributed by atoms with Gasteiger partial charge in [-0.2, -0.15) is 0 Å². The van der Waals surface area contributed by atoms with E-state index in [1.165, 1.54) is 7.11 Å². The van der Waals surface area contributed by atoms with Crippen LogP contribution in [-0.2, 0) is 14.3 Å². The largest absolute Gasteiger partial charge is 0.492 e. The highest BCUT2D eigenvalue weighted by Gasteiger charge is 2.19. The standard InChI is InChI=1S/C20H26N2O6/c1-12(18(24)26-5)15-10-13-6-7-14(11-16(13)22-17(15)23)27-9-8-21-19(25)28-20(2,3)4/h6-7,10-12H,8-9H2,1-5H3,(H,21,25)(H,22,23). The first kappa shape index (κ1) is 21.3. The number of ether oxygens (including phenoxy) is 3. The Balaban J connectivity index is 2.02. The molecule has 1 aromatic heterocycles. The maximum absolute atomic E-state index is 12.3. The van der Waals surface area contributed by atoms with Crippen molar-refractivity contribution in [2.45, 2.75) is 39.2 Å². The topological polar surface area (TPSA) is 107 Å². The number of nitrogens with one attached hydrogen (secondary N) is 2. The summed E-state index contributed by atoms with van der Waals surface area (Å²) in [5, 5.41) is 3.37. The molecule has 1 amide bonds. The quantitative estimate of drug-likeness (QED) is 0.580. The second-order valence-corrected chi connectivity index (χ2v) is 7.32. The molecule has 2 rings (SSSR count). The Labute approximate surface area is 163 Å². The minimum Gasteiger partial charge on any atom is -0.492 e. The third-order valence-corrected chi connectivity index (χ3v) is 3.91. The second kappa shape index (κ2) is 8.77. The molecule has 28 heavy (non-hydrogen) atoms. The average Bonchev–Trinajstić information content (AvgIpc) is 2.61. The van der Waals surface area contributed by atoms with Crippen molar-refractivity contribution in [3.8, 4) is 5.75 Å². The fourth-order valence-corrected chi connectivity index (χ4v) is 2.55. The van der Waals surface area contributed by atoms with Crippen LogP contribution in [0, 0.1) is 0 Å². The lowest BCUT2D eigenvalue weighted by Crippen LogP contribution is -2.34. The summed E-state index contributed by atoms with van der Waals surface area (Å²) in [5.74, 6) is -0.585. The third-order valence-electron chi connectivity index (χ3n) is 3.91. The zero-order valence-electron chi connectivity index (χ0n) is 16.8. The van der Waals surface area contributed by atoms with Crippen LogP contribution in [-0.4, -0.2) is 42.9 Å². The number of carbonyl (C=O) groups is 2. The van der Waals surface area contributed by atoms with E-state index in [2.05, 4.69) is 10.3 Å². The van der Waals surface area contributed by atoms with Crippen LogP contribution in [0.25, 0.3) is 10.9 Å². The van der Waals surface area contributed by atoms with E-state index in [1.807, 2.05) is 0 Å². The first-order valence-corrected chi connectivity index (χ1v) is 8.95. The van der Waals surface area contributed by atoms with E-state index in [-0.39, 0.29) is 18.7 Å². The molecule has 0 bridgehead atoms. The summed E-state index contributed by atoms with van der Waals surface area (Å²) in [6.07, 6.45) is -0.508. The maximum atomic E-state index is 12.3. The minimum absolute atomic E-state index is 0.242. The van der Waals surface area contributed by atoms with Crippen LogP contribution in [0.15, 0.2) is 29.1 Å². The van der Waals surface area contributed by atoms with Gasteiger partial charge in [0.15, 0.2) is 0 Å². The number of aromatic amines is 1. The zero-order chi connectivity index (χ0) is 20.9. The molecule has 1 heterocycles. The van der Waals surface area contributed by atoms with E-state index in [1.54, 1.807) is 52.0 Å². The number of rotatable bonds is 6. The van der Waals surface area contributed by atoms with Crippen molar-refractivity contribution < 1.29 is 23.8 Å². The molecule has 8 heteroatoms. The molecule has 1 atom stereocenters. The summed E-state index contributed by atoms with van der Waals surface area (Å²) in [6, 6.07) is 6.90. The zero-order valence-corrected chi connectivity index (χ0v) is 16.8. The number of hydrogen-bond acceptors (Lipinski definition) is 6. The highest BCUT2D eigenvalue weighted by atomic mass is 16.6. The molecular formula is C20H26N2O6. The molecule has 0 aliphatic heterocycles. The molecular weight excluding hydrogens is 364 g/mol. The number of hydrogen-bond donors (Lipinski definition) is 2. The normalized spacial score (nSPS) is 12.3. The van der Waals surface area contributed by atoms with Crippen LogP contribution < -0.4 is 15.6 Å². The van der Waals surface area contributed by atoms with Crippen molar-refractivity contribution in [2.24, 2.45) is 0 Å². The van der Waals surface area contributed by atoms with Crippen molar-refractivity contribution in [1.29, 1.82) is 0 Å². The van der Waals surface area contributed by atoms with Crippen LogP contribution in [0.3, 0.4) is 0 Å². The predicted octanol–water partition coefficient (Wildman–Crippen LogP) is 2.71. The van der Waals surface area contributed by atoms with Gasteiger partial charge in [-0.25, -0.2) is 4.79 Å². The van der Waals surface area contributed by atoms with Gasteiger partial charge in [-0.15, -0.1) is 0 Å². The number of esters is 1. The van der Waals surface area contributed by atoms with E-state index >= 15 is 0 Å². The van der Waals surface area contributed by atoms with Gasteiger partial charge < -0.3 is 24.5 Å². The lowest BCUT2D eigenvalue weighted by atomic mass is 10.0. The van der Waals surface area contributed by atoms with Gasteiger partial charge in [-0.05, 0) is 51.3 Å². The second-order valence-electron chi connectivity index (χ2n) is 7.32. The van der Waals surface area contributed by atoms with Gasteiger partial charge in [0, 0.05) is 11.6 Å². The van der Waals surface area contributed by atoms with Crippen molar-refractivity contribution in [3.63, 3.8) is 0 Å². The Hall–Kier alpha value is -3.03.